The molecule has 2 N–H and O–H groups in total. The Bertz CT molecular complexity index is 1190. The number of rotatable bonds is 6. The molecule has 1 fully saturated rings. The number of nitrogens with zero attached hydrogens (tertiary/aromatic N) is 1. The standard InChI is InChI=1S/C24H21N3O5/c1-15-3-5-16(6-4-15)21-12-11-19(32-21)13-20-23(29)27(24(30)26-20)14-22(28)25-17-7-9-18(31-2)10-8-17/h3-13H,14H2,1-2H3,(H,25,28)(H,26,30). The summed E-state index contributed by atoms with van der Waals surface area (Å²) >= 11 is 0. The summed E-state index contributed by atoms with van der Waals surface area (Å²) in [5.74, 6) is 0.598. The van der Waals surface area contributed by atoms with Crippen molar-refractivity contribution in [3.05, 3.63) is 77.7 Å². The number of aryl methyl sites for hydroxylation is 1. The van der Waals surface area contributed by atoms with E-state index in [1.807, 2.05) is 31.2 Å². The zero-order valence-electron chi connectivity index (χ0n) is 17.5. The predicted octanol–water partition coefficient (Wildman–Crippen LogP) is 3.80. The number of imide groups is 1. The van der Waals surface area contributed by atoms with Crippen molar-refractivity contribution in [2.45, 2.75) is 6.92 Å². The Hall–Kier alpha value is -4.33. The van der Waals surface area contributed by atoms with E-state index < -0.39 is 24.4 Å². The molecule has 1 aliphatic heterocycles. The van der Waals surface area contributed by atoms with Crippen molar-refractivity contribution in [1.29, 1.82) is 0 Å². The molecule has 32 heavy (non-hydrogen) atoms. The minimum Gasteiger partial charge on any atom is -0.497 e. The summed E-state index contributed by atoms with van der Waals surface area (Å²) in [6.45, 7) is 1.58. The van der Waals surface area contributed by atoms with Crippen LogP contribution in [-0.4, -0.2) is 36.4 Å². The van der Waals surface area contributed by atoms with Crippen LogP contribution < -0.4 is 15.4 Å². The second-order valence-corrected chi connectivity index (χ2v) is 7.22. The molecule has 0 saturated carbocycles. The highest BCUT2D eigenvalue weighted by Gasteiger charge is 2.35. The molecule has 4 amide bonds. The second kappa shape index (κ2) is 8.81. The Morgan fingerprint density at radius 2 is 1.78 bits per heavy atom. The third-order valence-corrected chi connectivity index (χ3v) is 4.89. The Labute approximate surface area is 184 Å². The number of hydrogen-bond acceptors (Lipinski definition) is 5. The third-order valence-electron chi connectivity index (χ3n) is 4.89. The van der Waals surface area contributed by atoms with Gasteiger partial charge in [0, 0.05) is 17.3 Å². The summed E-state index contributed by atoms with van der Waals surface area (Å²) in [7, 11) is 1.54. The van der Waals surface area contributed by atoms with Gasteiger partial charge in [-0.1, -0.05) is 29.8 Å². The molecule has 0 atom stereocenters. The number of benzene rings is 2. The number of ether oxygens (including phenoxy) is 1. The fourth-order valence-corrected chi connectivity index (χ4v) is 3.18. The monoisotopic (exact) mass is 431 g/mol. The minimum atomic E-state index is -0.670. The van der Waals surface area contributed by atoms with E-state index in [9.17, 15) is 14.4 Å². The van der Waals surface area contributed by atoms with Gasteiger partial charge in [0.25, 0.3) is 5.91 Å². The number of carbonyl (C=O) groups is 3. The molecular formula is C24H21N3O5. The van der Waals surface area contributed by atoms with Crippen LogP contribution in [0.25, 0.3) is 17.4 Å². The third kappa shape index (κ3) is 4.54. The van der Waals surface area contributed by atoms with Crippen molar-refractivity contribution < 1.29 is 23.5 Å². The predicted molar refractivity (Wildman–Crippen MR) is 119 cm³/mol. The summed E-state index contributed by atoms with van der Waals surface area (Å²) in [6, 6.07) is 17.4. The van der Waals surface area contributed by atoms with E-state index in [0.29, 0.717) is 23.0 Å². The van der Waals surface area contributed by atoms with Crippen LogP contribution in [0.3, 0.4) is 0 Å². The van der Waals surface area contributed by atoms with E-state index in [4.69, 9.17) is 9.15 Å². The molecule has 2 aromatic carbocycles. The average Bonchev–Trinajstić information content (AvgIpc) is 3.35. The fraction of sp³-hybridized carbons (Fsp3) is 0.125. The van der Waals surface area contributed by atoms with Crippen LogP contribution in [0.2, 0.25) is 0 Å². The van der Waals surface area contributed by atoms with Crippen LogP contribution in [0.1, 0.15) is 11.3 Å². The fourth-order valence-electron chi connectivity index (χ4n) is 3.18. The molecule has 1 saturated heterocycles. The molecule has 0 bridgehead atoms. The maximum atomic E-state index is 12.6. The van der Waals surface area contributed by atoms with Crippen LogP contribution in [-0.2, 0) is 9.59 Å². The maximum absolute atomic E-state index is 12.6. The van der Waals surface area contributed by atoms with Crippen LogP contribution in [0.4, 0.5) is 10.5 Å². The zero-order valence-corrected chi connectivity index (χ0v) is 17.5. The normalized spacial score (nSPS) is 14.6. The van der Waals surface area contributed by atoms with E-state index in [2.05, 4.69) is 10.6 Å². The van der Waals surface area contributed by atoms with Gasteiger partial charge in [-0.15, -0.1) is 0 Å². The first-order valence-corrected chi connectivity index (χ1v) is 9.88. The van der Waals surface area contributed by atoms with Crippen LogP contribution in [0.15, 0.2) is 70.8 Å². The molecule has 0 radical (unpaired) electrons. The minimum absolute atomic E-state index is 0.0389. The van der Waals surface area contributed by atoms with Gasteiger partial charge in [0.2, 0.25) is 5.91 Å². The van der Waals surface area contributed by atoms with Gasteiger partial charge in [-0.25, -0.2) is 9.69 Å². The molecule has 1 aliphatic rings. The van der Waals surface area contributed by atoms with Gasteiger partial charge in [0.15, 0.2) is 0 Å². The Balaban J connectivity index is 1.42. The van der Waals surface area contributed by atoms with E-state index in [1.165, 1.54) is 6.08 Å². The first kappa shape index (κ1) is 20.9. The van der Waals surface area contributed by atoms with Gasteiger partial charge < -0.3 is 19.8 Å². The molecule has 8 nitrogen and oxygen atoms in total. The summed E-state index contributed by atoms with van der Waals surface area (Å²) in [6.07, 6.45) is 1.44. The van der Waals surface area contributed by atoms with Crippen molar-refractivity contribution >= 4 is 29.6 Å². The van der Waals surface area contributed by atoms with E-state index in [0.717, 1.165) is 16.0 Å². The number of nitrogens with one attached hydrogen (secondary N) is 2. The van der Waals surface area contributed by atoms with E-state index in [1.54, 1.807) is 43.5 Å². The number of urea groups is 1. The molecule has 0 spiro atoms. The van der Waals surface area contributed by atoms with Crippen molar-refractivity contribution in [3.63, 3.8) is 0 Å². The van der Waals surface area contributed by atoms with E-state index >= 15 is 0 Å². The second-order valence-electron chi connectivity index (χ2n) is 7.22. The number of anilines is 1. The highest BCUT2D eigenvalue weighted by molar-refractivity contribution is 6.15. The smallest absolute Gasteiger partial charge is 0.329 e. The van der Waals surface area contributed by atoms with Crippen LogP contribution in [0, 0.1) is 6.92 Å². The number of carbonyl (C=O) groups excluding carboxylic acids is 3. The largest absolute Gasteiger partial charge is 0.497 e. The number of amides is 4. The molecule has 3 aromatic rings. The maximum Gasteiger partial charge on any atom is 0.329 e. The van der Waals surface area contributed by atoms with Crippen molar-refractivity contribution in [2.24, 2.45) is 0 Å². The summed E-state index contributed by atoms with van der Waals surface area (Å²) < 4.78 is 10.9. The molecule has 0 unspecified atom stereocenters. The summed E-state index contributed by atoms with van der Waals surface area (Å²) in [5, 5.41) is 5.13. The van der Waals surface area contributed by atoms with Crippen molar-refractivity contribution in [3.8, 4) is 17.1 Å². The SMILES string of the molecule is COc1ccc(NC(=O)CN2C(=O)NC(=Cc3ccc(-c4ccc(C)cc4)o3)C2=O)cc1. The molecule has 162 valence electrons. The molecule has 1 aromatic heterocycles. The highest BCUT2D eigenvalue weighted by atomic mass is 16.5. The molecular weight excluding hydrogens is 410 g/mol. The summed E-state index contributed by atoms with van der Waals surface area (Å²) in [5.41, 5.74) is 2.60. The van der Waals surface area contributed by atoms with Gasteiger partial charge >= 0.3 is 6.03 Å². The lowest BCUT2D eigenvalue weighted by atomic mass is 10.1. The molecule has 8 heteroatoms. The molecule has 4 rings (SSSR count). The summed E-state index contributed by atoms with van der Waals surface area (Å²) in [4.78, 5) is 38.0. The number of methoxy groups -OCH3 is 1. The van der Waals surface area contributed by atoms with Crippen molar-refractivity contribution in [1.82, 2.24) is 10.2 Å². The van der Waals surface area contributed by atoms with Crippen molar-refractivity contribution in [2.75, 3.05) is 19.0 Å². The average molecular weight is 431 g/mol. The lowest BCUT2D eigenvalue weighted by Crippen LogP contribution is -2.38. The number of hydrogen-bond donors (Lipinski definition) is 2. The molecule has 2 heterocycles. The van der Waals surface area contributed by atoms with Gasteiger partial charge in [0.1, 0.15) is 29.5 Å². The van der Waals surface area contributed by atoms with Crippen LogP contribution in [0.5, 0.6) is 5.75 Å². The highest BCUT2D eigenvalue weighted by Crippen LogP contribution is 2.24. The zero-order chi connectivity index (χ0) is 22.7. The first-order chi connectivity index (χ1) is 15.4. The Morgan fingerprint density at radius 3 is 2.47 bits per heavy atom. The van der Waals surface area contributed by atoms with E-state index in [-0.39, 0.29) is 5.70 Å². The Morgan fingerprint density at radius 1 is 1.06 bits per heavy atom. The van der Waals surface area contributed by atoms with Gasteiger partial charge in [-0.2, -0.15) is 0 Å². The first-order valence-electron chi connectivity index (χ1n) is 9.88. The molecule has 0 aliphatic carbocycles. The lowest BCUT2D eigenvalue weighted by molar-refractivity contribution is -0.127. The van der Waals surface area contributed by atoms with Crippen LogP contribution >= 0.6 is 0 Å². The quantitative estimate of drug-likeness (QED) is 0.457. The number of furan rings is 1. The Kier molecular flexibility index (Phi) is 5.76. The van der Waals surface area contributed by atoms with Gasteiger partial charge in [-0.3, -0.25) is 9.59 Å². The lowest BCUT2D eigenvalue weighted by Gasteiger charge is -2.12. The van der Waals surface area contributed by atoms with Gasteiger partial charge in [0.05, 0.1) is 7.11 Å². The topological polar surface area (TPSA) is 101 Å². The van der Waals surface area contributed by atoms with Gasteiger partial charge in [-0.05, 0) is 43.3 Å².